The van der Waals surface area contributed by atoms with Gasteiger partial charge in [0.1, 0.15) is 10.9 Å². The van der Waals surface area contributed by atoms with Gasteiger partial charge in [0.15, 0.2) is 0 Å². The molecule has 0 aliphatic carbocycles. The van der Waals surface area contributed by atoms with E-state index in [0.717, 1.165) is 10.4 Å². The quantitative estimate of drug-likeness (QED) is 0.771. The van der Waals surface area contributed by atoms with Crippen LogP contribution in [0.4, 0.5) is 0 Å². The summed E-state index contributed by atoms with van der Waals surface area (Å²) in [6.45, 7) is 0.172. The highest BCUT2D eigenvalue weighted by Crippen LogP contribution is 2.14. The Morgan fingerprint density at radius 3 is 3.08 bits per heavy atom. The Kier molecular flexibility index (Phi) is 3.52. The molecule has 0 aromatic carbocycles. The maximum absolute atomic E-state index is 8.52. The summed E-state index contributed by atoms with van der Waals surface area (Å²) < 4.78 is 0. The number of nitrogens with zero attached hydrogens (tertiary/aromatic N) is 1. The molecule has 2 nitrogen and oxygen atoms in total. The van der Waals surface area contributed by atoms with Crippen LogP contribution in [0.3, 0.4) is 0 Å². The Morgan fingerprint density at radius 1 is 1.67 bits per heavy atom. The van der Waals surface area contributed by atoms with Gasteiger partial charge in [-0.25, -0.2) is 0 Å². The molecule has 0 aliphatic rings. The van der Waals surface area contributed by atoms with E-state index in [9.17, 15) is 0 Å². The van der Waals surface area contributed by atoms with E-state index in [4.69, 9.17) is 10.4 Å². The van der Waals surface area contributed by atoms with E-state index in [1.807, 2.05) is 23.6 Å². The summed E-state index contributed by atoms with van der Waals surface area (Å²) >= 11 is 1.43. The molecule has 1 rings (SSSR count). The first-order valence-electron chi connectivity index (χ1n) is 3.63. The van der Waals surface area contributed by atoms with Crippen molar-refractivity contribution >= 4 is 17.4 Å². The fourth-order valence-corrected chi connectivity index (χ4v) is 1.46. The molecule has 1 N–H and O–H groups in total. The van der Waals surface area contributed by atoms with Gasteiger partial charge in [-0.15, -0.1) is 11.3 Å². The number of aliphatic hydroxyl groups is 1. The van der Waals surface area contributed by atoms with Gasteiger partial charge in [-0.1, -0.05) is 12.2 Å². The van der Waals surface area contributed by atoms with Crippen LogP contribution < -0.4 is 0 Å². The third-order valence-electron chi connectivity index (χ3n) is 1.34. The Labute approximate surface area is 75.4 Å². The minimum atomic E-state index is 0.172. The average molecular weight is 179 g/mol. The van der Waals surface area contributed by atoms with Crippen molar-refractivity contribution in [1.29, 1.82) is 5.26 Å². The van der Waals surface area contributed by atoms with E-state index in [-0.39, 0.29) is 6.61 Å². The van der Waals surface area contributed by atoms with Crippen molar-refractivity contribution < 1.29 is 5.11 Å². The molecular formula is C9H9NOS. The molecule has 3 heteroatoms. The predicted molar refractivity (Wildman–Crippen MR) is 49.8 cm³/mol. The Bertz CT molecular complexity index is 309. The lowest BCUT2D eigenvalue weighted by atomic mass is 10.2. The van der Waals surface area contributed by atoms with Gasteiger partial charge in [0, 0.05) is 6.61 Å². The molecule has 0 aliphatic heterocycles. The molecule has 1 aromatic rings. The summed E-state index contributed by atoms with van der Waals surface area (Å²) in [6.07, 6.45) is 4.47. The van der Waals surface area contributed by atoms with Crippen LogP contribution in [0.15, 0.2) is 17.5 Å². The second-order valence-corrected chi connectivity index (χ2v) is 3.18. The number of hydrogen-bond donors (Lipinski definition) is 1. The zero-order valence-corrected chi connectivity index (χ0v) is 7.34. The molecular weight excluding hydrogens is 170 g/mol. The number of thiophene rings is 1. The topological polar surface area (TPSA) is 44.0 Å². The third kappa shape index (κ3) is 2.50. The standard InChI is InChI=1S/C9H9NOS/c10-6-9-5-8(7-12-9)3-1-2-4-11/h1,3,5,7,11H,2,4H2. The van der Waals surface area contributed by atoms with Crippen LogP contribution in [-0.2, 0) is 0 Å². The van der Waals surface area contributed by atoms with Crippen molar-refractivity contribution in [2.24, 2.45) is 0 Å². The molecule has 12 heavy (non-hydrogen) atoms. The number of nitriles is 1. The molecule has 0 spiro atoms. The lowest BCUT2D eigenvalue weighted by Crippen LogP contribution is -1.74. The van der Waals surface area contributed by atoms with Gasteiger partial charge >= 0.3 is 0 Å². The van der Waals surface area contributed by atoms with Gasteiger partial charge in [-0.05, 0) is 23.4 Å². The maximum atomic E-state index is 8.52. The first-order valence-corrected chi connectivity index (χ1v) is 4.51. The minimum Gasteiger partial charge on any atom is -0.396 e. The molecule has 0 atom stereocenters. The largest absolute Gasteiger partial charge is 0.396 e. The highest BCUT2D eigenvalue weighted by atomic mass is 32.1. The number of rotatable bonds is 3. The van der Waals surface area contributed by atoms with Crippen LogP contribution in [0.25, 0.3) is 6.08 Å². The van der Waals surface area contributed by atoms with Gasteiger partial charge in [0.25, 0.3) is 0 Å². The van der Waals surface area contributed by atoms with Gasteiger partial charge in [-0.2, -0.15) is 5.26 Å². The normalized spacial score (nSPS) is 10.3. The van der Waals surface area contributed by atoms with Crippen LogP contribution in [0.2, 0.25) is 0 Å². The molecule has 62 valence electrons. The Balaban J connectivity index is 2.59. The Hall–Kier alpha value is -1.11. The van der Waals surface area contributed by atoms with Crippen molar-refractivity contribution in [1.82, 2.24) is 0 Å². The highest BCUT2D eigenvalue weighted by Gasteiger charge is 1.93. The molecule has 0 saturated heterocycles. The minimum absolute atomic E-state index is 0.172. The number of aliphatic hydroxyl groups excluding tert-OH is 1. The molecule has 1 heterocycles. The summed E-state index contributed by atoms with van der Waals surface area (Å²) in [7, 11) is 0. The lowest BCUT2D eigenvalue weighted by molar-refractivity contribution is 0.303. The van der Waals surface area contributed by atoms with E-state index in [1.165, 1.54) is 11.3 Å². The fourth-order valence-electron chi connectivity index (χ4n) is 0.791. The van der Waals surface area contributed by atoms with E-state index >= 15 is 0 Å². The average Bonchev–Trinajstić information content (AvgIpc) is 2.53. The second kappa shape index (κ2) is 4.70. The van der Waals surface area contributed by atoms with Crippen LogP contribution >= 0.6 is 11.3 Å². The van der Waals surface area contributed by atoms with Crippen molar-refractivity contribution in [3.8, 4) is 6.07 Å². The van der Waals surface area contributed by atoms with E-state index in [1.54, 1.807) is 0 Å². The molecule has 0 saturated carbocycles. The van der Waals surface area contributed by atoms with Crippen molar-refractivity contribution in [2.75, 3.05) is 6.61 Å². The monoisotopic (exact) mass is 179 g/mol. The zero-order chi connectivity index (χ0) is 8.81. The summed E-state index contributed by atoms with van der Waals surface area (Å²) in [6, 6.07) is 3.90. The third-order valence-corrected chi connectivity index (χ3v) is 2.19. The lowest BCUT2D eigenvalue weighted by Gasteiger charge is -1.83. The van der Waals surface area contributed by atoms with E-state index in [2.05, 4.69) is 6.07 Å². The summed E-state index contributed by atoms with van der Waals surface area (Å²) in [4.78, 5) is 0.721. The van der Waals surface area contributed by atoms with E-state index < -0.39 is 0 Å². The number of hydrogen-bond acceptors (Lipinski definition) is 3. The second-order valence-electron chi connectivity index (χ2n) is 2.27. The summed E-state index contributed by atoms with van der Waals surface area (Å²) in [5, 5.41) is 18.9. The molecule has 1 aromatic heterocycles. The fraction of sp³-hybridized carbons (Fsp3) is 0.222. The SMILES string of the molecule is N#Cc1cc(C=CCCO)cs1. The van der Waals surface area contributed by atoms with E-state index in [0.29, 0.717) is 6.42 Å². The van der Waals surface area contributed by atoms with Crippen molar-refractivity contribution in [2.45, 2.75) is 6.42 Å². The maximum Gasteiger partial charge on any atom is 0.110 e. The first kappa shape index (κ1) is 8.98. The van der Waals surface area contributed by atoms with Gasteiger partial charge < -0.3 is 5.11 Å². The van der Waals surface area contributed by atoms with Gasteiger partial charge in [0.2, 0.25) is 0 Å². The zero-order valence-electron chi connectivity index (χ0n) is 6.53. The Morgan fingerprint density at radius 2 is 2.50 bits per heavy atom. The van der Waals surface area contributed by atoms with Crippen LogP contribution in [0, 0.1) is 11.3 Å². The smallest absolute Gasteiger partial charge is 0.110 e. The molecule has 0 radical (unpaired) electrons. The van der Waals surface area contributed by atoms with Crippen LogP contribution in [0.5, 0.6) is 0 Å². The van der Waals surface area contributed by atoms with Crippen molar-refractivity contribution in [3.63, 3.8) is 0 Å². The van der Waals surface area contributed by atoms with Crippen LogP contribution in [0.1, 0.15) is 16.9 Å². The summed E-state index contributed by atoms with van der Waals surface area (Å²) in [5.41, 5.74) is 1.03. The first-order chi connectivity index (χ1) is 5.86. The van der Waals surface area contributed by atoms with Crippen LogP contribution in [-0.4, -0.2) is 11.7 Å². The molecule has 0 unspecified atom stereocenters. The summed E-state index contributed by atoms with van der Waals surface area (Å²) in [5.74, 6) is 0. The van der Waals surface area contributed by atoms with Crippen molar-refractivity contribution in [3.05, 3.63) is 28.0 Å². The molecule has 0 bridgehead atoms. The van der Waals surface area contributed by atoms with Gasteiger partial charge in [-0.3, -0.25) is 0 Å². The molecule has 0 amide bonds. The molecule has 0 fully saturated rings. The van der Waals surface area contributed by atoms with Gasteiger partial charge in [0.05, 0.1) is 0 Å². The highest BCUT2D eigenvalue weighted by molar-refractivity contribution is 7.10. The predicted octanol–water partition coefficient (Wildman–Crippen LogP) is 2.02.